The van der Waals surface area contributed by atoms with Gasteiger partial charge in [0.15, 0.2) is 0 Å². The van der Waals surface area contributed by atoms with E-state index in [0.717, 1.165) is 6.42 Å². The fourth-order valence-corrected chi connectivity index (χ4v) is 2.24. The number of benzene rings is 1. The molecule has 0 aliphatic carbocycles. The van der Waals surface area contributed by atoms with Gasteiger partial charge in [0, 0.05) is 23.4 Å². The zero-order valence-electron chi connectivity index (χ0n) is 10.3. The van der Waals surface area contributed by atoms with Crippen LogP contribution in [0.15, 0.2) is 18.2 Å². The van der Waals surface area contributed by atoms with Crippen LogP contribution in [0.3, 0.4) is 0 Å². The second-order valence-electron chi connectivity index (χ2n) is 4.65. The molecule has 2 unspecified atom stereocenters. The predicted octanol–water partition coefficient (Wildman–Crippen LogP) is 2.08. The van der Waals surface area contributed by atoms with Crippen LogP contribution in [0.4, 0.5) is 5.69 Å². The molecule has 0 saturated carbocycles. The van der Waals surface area contributed by atoms with Gasteiger partial charge in [-0.3, -0.25) is 4.79 Å². The Morgan fingerprint density at radius 3 is 3.06 bits per heavy atom. The fourth-order valence-electron chi connectivity index (χ4n) is 2.07. The molecule has 98 valence electrons. The Labute approximate surface area is 111 Å². The second kappa shape index (κ2) is 5.59. The molecule has 0 radical (unpaired) electrons. The molecule has 0 aromatic heterocycles. The van der Waals surface area contributed by atoms with Crippen molar-refractivity contribution >= 4 is 23.2 Å². The first-order valence-electron chi connectivity index (χ1n) is 6.01. The number of carbonyl (C=O) groups excluding carboxylic acids is 1. The highest BCUT2D eigenvalue weighted by molar-refractivity contribution is 6.31. The molecule has 1 fully saturated rings. The normalized spacial score (nSPS) is 23.7. The fraction of sp³-hybridized carbons (Fsp3) is 0.462. The lowest BCUT2D eigenvalue weighted by molar-refractivity contribution is 0.0375. The Bertz CT molecular complexity index is 451. The zero-order chi connectivity index (χ0) is 13.1. The van der Waals surface area contributed by atoms with Crippen molar-refractivity contribution in [3.8, 4) is 0 Å². The number of anilines is 1. The van der Waals surface area contributed by atoms with Gasteiger partial charge in [-0.2, -0.15) is 0 Å². The Hall–Kier alpha value is -1.26. The molecule has 1 aromatic carbocycles. The van der Waals surface area contributed by atoms with Crippen molar-refractivity contribution in [2.75, 3.05) is 18.9 Å². The first kappa shape index (κ1) is 13.2. The summed E-state index contributed by atoms with van der Waals surface area (Å²) >= 11 is 5.88. The minimum absolute atomic E-state index is 0.129. The van der Waals surface area contributed by atoms with E-state index in [4.69, 9.17) is 22.1 Å². The van der Waals surface area contributed by atoms with Crippen molar-refractivity contribution in [1.29, 1.82) is 0 Å². The molecule has 1 saturated heterocycles. The lowest BCUT2D eigenvalue weighted by atomic mass is 9.97. The van der Waals surface area contributed by atoms with E-state index in [1.165, 1.54) is 0 Å². The highest BCUT2D eigenvalue weighted by atomic mass is 35.5. The van der Waals surface area contributed by atoms with Gasteiger partial charge < -0.3 is 15.8 Å². The van der Waals surface area contributed by atoms with Gasteiger partial charge >= 0.3 is 0 Å². The maximum absolute atomic E-state index is 12.1. The molecule has 4 nitrogen and oxygen atoms in total. The van der Waals surface area contributed by atoms with Crippen LogP contribution >= 0.6 is 11.6 Å². The van der Waals surface area contributed by atoms with Gasteiger partial charge in [0.2, 0.25) is 0 Å². The third-order valence-corrected chi connectivity index (χ3v) is 3.45. The highest BCUT2D eigenvalue weighted by Crippen LogP contribution is 2.19. The quantitative estimate of drug-likeness (QED) is 0.807. The van der Waals surface area contributed by atoms with Crippen molar-refractivity contribution in [3.05, 3.63) is 28.8 Å². The minimum atomic E-state index is -0.172. The third kappa shape index (κ3) is 2.94. The van der Waals surface area contributed by atoms with Gasteiger partial charge in [-0.15, -0.1) is 0 Å². The number of nitrogens with one attached hydrogen (secondary N) is 1. The molecule has 2 atom stereocenters. The van der Waals surface area contributed by atoms with Crippen LogP contribution in [-0.2, 0) is 4.74 Å². The molecule has 1 aliphatic rings. The maximum Gasteiger partial charge on any atom is 0.253 e. The van der Waals surface area contributed by atoms with E-state index in [-0.39, 0.29) is 11.9 Å². The molecule has 1 heterocycles. The average Bonchev–Trinajstić information content (AvgIpc) is 2.35. The Kier molecular flexibility index (Phi) is 4.09. The number of hydrogen-bond donors (Lipinski definition) is 2. The lowest BCUT2D eigenvalue weighted by Gasteiger charge is -2.29. The summed E-state index contributed by atoms with van der Waals surface area (Å²) in [6, 6.07) is 5.04. The van der Waals surface area contributed by atoms with Crippen LogP contribution in [-0.4, -0.2) is 25.2 Å². The lowest BCUT2D eigenvalue weighted by Crippen LogP contribution is -2.44. The second-order valence-corrected chi connectivity index (χ2v) is 5.09. The Morgan fingerprint density at radius 2 is 2.33 bits per heavy atom. The standard InChI is InChI=1S/C13H17ClN2O2/c1-8-7-18-5-4-12(8)16-13(17)10-6-9(14)2-3-11(10)15/h2-3,6,8,12H,4-5,7,15H2,1H3,(H,16,17). The van der Waals surface area contributed by atoms with Crippen molar-refractivity contribution in [1.82, 2.24) is 5.32 Å². The average molecular weight is 269 g/mol. The van der Waals surface area contributed by atoms with E-state index in [9.17, 15) is 4.79 Å². The zero-order valence-corrected chi connectivity index (χ0v) is 11.0. The van der Waals surface area contributed by atoms with Crippen molar-refractivity contribution in [2.45, 2.75) is 19.4 Å². The molecule has 1 aromatic rings. The highest BCUT2D eigenvalue weighted by Gasteiger charge is 2.24. The van der Waals surface area contributed by atoms with Crippen LogP contribution < -0.4 is 11.1 Å². The topological polar surface area (TPSA) is 64.3 Å². The number of hydrogen-bond acceptors (Lipinski definition) is 3. The summed E-state index contributed by atoms with van der Waals surface area (Å²) in [6.07, 6.45) is 0.827. The molecule has 2 rings (SSSR count). The molecular weight excluding hydrogens is 252 g/mol. The third-order valence-electron chi connectivity index (χ3n) is 3.22. The summed E-state index contributed by atoms with van der Waals surface area (Å²) in [5, 5.41) is 3.50. The summed E-state index contributed by atoms with van der Waals surface area (Å²) in [7, 11) is 0. The van der Waals surface area contributed by atoms with Crippen LogP contribution in [0.5, 0.6) is 0 Å². The number of nitrogens with two attached hydrogens (primary N) is 1. The van der Waals surface area contributed by atoms with Gasteiger partial charge in [-0.05, 0) is 30.5 Å². The molecule has 18 heavy (non-hydrogen) atoms. The molecule has 1 aliphatic heterocycles. The Morgan fingerprint density at radius 1 is 1.56 bits per heavy atom. The van der Waals surface area contributed by atoms with Gasteiger partial charge in [0.25, 0.3) is 5.91 Å². The van der Waals surface area contributed by atoms with Crippen molar-refractivity contribution in [2.24, 2.45) is 5.92 Å². The summed E-state index contributed by atoms with van der Waals surface area (Å²) in [5.41, 5.74) is 6.66. The molecule has 0 spiro atoms. The number of rotatable bonds is 2. The number of nitrogen functional groups attached to an aromatic ring is 1. The maximum atomic E-state index is 12.1. The van der Waals surface area contributed by atoms with Crippen molar-refractivity contribution < 1.29 is 9.53 Å². The monoisotopic (exact) mass is 268 g/mol. The Balaban J connectivity index is 2.09. The van der Waals surface area contributed by atoms with Gasteiger partial charge in [-0.25, -0.2) is 0 Å². The van der Waals surface area contributed by atoms with Crippen LogP contribution in [0.2, 0.25) is 5.02 Å². The summed E-state index contributed by atoms with van der Waals surface area (Å²) in [5.74, 6) is 0.136. The van der Waals surface area contributed by atoms with Crippen molar-refractivity contribution in [3.63, 3.8) is 0 Å². The predicted molar refractivity (Wildman–Crippen MR) is 71.7 cm³/mol. The SMILES string of the molecule is CC1COCCC1NC(=O)c1cc(Cl)ccc1N. The molecule has 0 bridgehead atoms. The summed E-state index contributed by atoms with van der Waals surface area (Å²) in [4.78, 5) is 12.1. The van der Waals surface area contributed by atoms with Crippen LogP contribution in [0.25, 0.3) is 0 Å². The van der Waals surface area contributed by atoms with Gasteiger partial charge in [-0.1, -0.05) is 18.5 Å². The largest absolute Gasteiger partial charge is 0.398 e. The van der Waals surface area contributed by atoms with Gasteiger partial charge in [0.1, 0.15) is 0 Å². The number of halogens is 1. The molecular formula is C13H17ClN2O2. The number of carbonyl (C=O) groups is 1. The number of amides is 1. The van der Waals surface area contributed by atoms with E-state index >= 15 is 0 Å². The van der Waals surface area contributed by atoms with E-state index in [1.54, 1.807) is 18.2 Å². The number of ether oxygens (including phenoxy) is 1. The van der Waals surface area contributed by atoms with Crippen LogP contribution in [0.1, 0.15) is 23.7 Å². The molecule has 3 N–H and O–H groups in total. The van der Waals surface area contributed by atoms with E-state index in [0.29, 0.717) is 35.4 Å². The van der Waals surface area contributed by atoms with E-state index in [1.807, 2.05) is 0 Å². The summed E-state index contributed by atoms with van der Waals surface area (Å²) < 4.78 is 5.34. The first-order chi connectivity index (χ1) is 8.58. The first-order valence-corrected chi connectivity index (χ1v) is 6.39. The van der Waals surface area contributed by atoms with Gasteiger partial charge in [0.05, 0.1) is 12.2 Å². The molecule has 1 amide bonds. The summed E-state index contributed by atoms with van der Waals surface area (Å²) in [6.45, 7) is 3.42. The van der Waals surface area contributed by atoms with E-state index in [2.05, 4.69) is 12.2 Å². The smallest absolute Gasteiger partial charge is 0.253 e. The van der Waals surface area contributed by atoms with E-state index < -0.39 is 0 Å². The minimum Gasteiger partial charge on any atom is -0.398 e. The molecule has 5 heteroatoms. The van der Waals surface area contributed by atoms with Crippen LogP contribution in [0, 0.1) is 5.92 Å².